The molecule has 2 aromatic carbocycles. The quantitative estimate of drug-likeness (QED) is 0.857. The number of benzene rings is 2. The Morgan fingerprint density at radius 1 is 1.10 bits per heavy atom. The molecule has 0 aliphatic rings. The first-order valence-electron chi connectivity index (χ1n) is 6.44. The Hall–Kier alpha value is -1.09. The van der Waals surface area contributed by atoms with Gasteiger partial charge in [-0.25, -0.2) is 4.39 Å². The summed E-state index contributed by atoms with van der Waals surface area (Å²) in [7, 11) is 1.89. The Kier molecular flexibility index (Phi) is 5.41. The summed E-state index contributed by atoms with van der Waals surface area (Å²) in [5, 5.41) is 4.17. The van der Waals surface area contributed by atoms with Crippen molar-refractivity contribution in [2.75, 3.05) is 7.05 Å². The van der Waals surface area contributed by atoms with Crippen molar-refractivity contribution in [3.05, 3.63) is 69.5 Å². The fourth-order valence-corrected chi connectivity index (χ4v) is 2.61. The van der Waals surface area contributed by atoms with E-state index < -0.39 is 0 Å². The molecule has 0 aromatic heterocycles. The lowest BCUT2D eigenvalue weighted by Crippen LogP contribution is -2.30. The minimum atomic E-state index is -0.373. The second-order valence-corrected chi connectivity index (χ2v) is 5.55. The van der Waals surface area contributed by atoms with E-state index in [1.54, 1.807) is 6.07 Å². The molecule has 0 spiro atoms. The number of hydrogen-bond acceptors (Lipinski definition) is 1. The molecule has 1 unspecified atom stereocenters. The normalized spacial score (nSPS) is 12.4. The van der Waals surface area contributed by atoms with E-state index >= 15 is 0 Å². The van der Waals surface area contributed by atoms with Crippen LogP contribution in [0.25, 0.3) is 0 Å². The molecule has 0 bridgehead atoms. The monoisotopic (exact) mass is 311 g/mol. The maximum absolute atomic E-state index is 13.4. The molecule has 1 nitrogen and oxygen atoms in total. The van der Waals surface area contributed by atoms with Gasteiger partial charge in [0.05, 0.1) is 5.02 Å². The standard InChI is InChI=1S/C16H16Cl2FN/c1-20-14(9-11-4-2-6-13(17)8-11)10-12-5-3-7-15(19)16(12)18/h2-8,14,20H,9-10H2,1H3. The maximum Gasteiger partial charge on any atom is 0.142 e. The maximum atomic E-state index is 13.4. The van der Waals surface area contributed by atoms with Crippen LogP contribution in [0.2, 0.25) is 10.0 Å². The Morgan fingerprint density at radius 2 is 1.85 bits per heavy atom. The van der Waals surface area contributed by atoms with Crippen LogP contribution in [0.15, 0.2) is 42.5 Å². The molecule has 1 atom stereocenters. The second-order valence-electron chi connectivity index (χ2n) is 4.74. The van der Waals surface area contributed by atoms with Crippen molar-refractivity contribution in [3.8, 4) is 0 Å². The molecule has 0 amide bonds. The highest BCUT2D eigenvalue weighted by Crippen LogP contribution is 2.22. The molecule has 0 heterocycles. The van der Waals surface area contributed by atoms with Crippen molar-refractivity contribution < 1.29 is 4.39 Å². The molecule has 2 rings (SSSR count). The molecule has 0 fully saturated rings. The van der Waals surface area contributed by atoms with Crippen molar-refractivity contribution >= 4 is 23.2 Å². The molecule has 0 saturated heterocycles. The zero-order chi connectivity index (χ0) is 14.5. The van der Waals surface area contributed by atoms with Gasteiger partial charge in [-0.3, -0.25) is 0 Å². The van der Waals surface area contributed by atoms with Gasteiger partial charge in [-0.2, -0.15) is 0 Å². The number of nitrogens with one attached hydrogen (secondary N) is 1. The Bertz CT molecular complexity index is 586. The summed E-state index contributed by atoms with van der Waals surface area (Å²) in [6.45, 7) is 0. The number of halogens is 3. The number of likely N-dealkylation sites (N-methyl/N-ethyl adjacent to an activating group) is 1. The summed E-state index contributed by atoms with van der Waals surface area (Å²) in [6, 6.07) is 12.8. The second kappa shape index (κ2) is 7.07. The van der Waals surface area contributed by atoms with Crippen LogP contribution in [0.1, 0.15) is 11.1 Å². The Morgan fingerprint density at radius 3 is 2.55 bits per heavy atom. The third-order valence-corrected chi connectivity index (χ3v) is 3.94. The average molecular weight is 312 g/mol. The van der Waals surface area contributed by atoms with Crippen LogP contribution in [0.5, 0.6) is 0 Å². The van der Waals surface area contributed by atoms with E-state index in [9.17, 15) is 4.39 Å². The van der Waals surface area contributed by atoms with Crippen LogP contribution in [-0.4, -0.2) is 13.1 Å². The van der Waals surface area contributed by atoms with Gasteiger partial charge in [0.1, 0.15) is 5.82 Å². The Labute approximate surface area is 128 Å². The smallest absolute Gasteiger partial charge is 0.142 e. The molecule has 0 aliphatic heterocycles. The van der Waals surface area contributed by atoms with Crippen molar-refractivity contribution in [1.29, 1.82) is 0 Å². The largest absolute Gasteiger partial charge is 0.316 e. The highest BCUT2D eigenvalue weighted by atomic mass is 35.5. The van der Waals surface area contributed by atoms with Gasteiger partial charge in [0.15, 0.2) is 0 Å². The predicted octanol–water partition coefficient (Wildman–Crippen LogP) is 4.51. The molecule has 0 radical (unpaired) electrons. The molecule has 0 aliphatic carbocycles. The van der Waals surface area contributed by atoms with Crippen LogP contribution >= 0.6 is 23.2 Å². The fourth-order valence-electron chi connectivity index (χ4n) is 2.20. The highest BCUT2D eigenvalue weighted by molar-refractivity contribution is 6.31. The third-order valence-electron chi connectivity index (χ3n) is 3.28. The van der Waals surface area contributed by atoms with Gasteiger partial charge in [-0.15, -0.1) is 0 Å². The lowest BCUT2D eigenvalue weighted by Gasteiger charge is -2.17. The van der Waals surface area contributed by atoms with Gasteiger partial charge in [0, 0.05) is 11.1 Å². The minimum Gasteiger partial charge on any atom is -0.316 e. The van der Waals surface area contributed by atoms with Gasteiger partial charge in [-0.05, 0) is 49.2 Å². The average Bonchev–Trinajstić information content (AvgIpc) is 2.43. The summed E-state index contributed by atoms with van der Waals surface area (Å²) >= 11 is 12.0. The van der Waals surface area contributed by atoms with Crippen LogP contribution in [0.3, 0.4) is 0 Å². The topological polar surface area (TPSA) is 12.0 Å². The van der Waals surface area contributed by atoms with Gasteiger partial charge in [-0.1, -0.05) is 47.5 Å². The number of hydrogen-bond donors (Lipinski definition) is 1. The van der Waals surface area contributed by atoms with Gasteiger partial charge in [0.2, 0.25) is 0 Å². The first kappa shape index (κ1) is 15.3. The van der Waals surface area contributed by atoms with Crippen molar-refractivity contribution in [1.82, 2.24) is 5.32 Å². The lowest BCUT2D eigenvalue weighted by atomic mass is 9.99. The molecule has 106 valence electrons. The van der Waals surface area contributed by atoms with Gasteiger partial charge >= 0.3 is 0 Å². The van der Waals surface area contributed by atoms with E-state index in [1.807, 2.05) is 37.4 Å². The van der Waals surface area contributed by atoms with Crippen LogP contribution in [-0.2, 0) is 12.8 Å². The SMILES string of the molecule is CNC(Cc1cccc(Cl)c1)Cc1cccc(F)c1Cl. The fraction of sp³-hybridized carbons (Fsp3) is 0.250. The van der Waals surface area contributed by atoms with E-state index in [0.29, 0.717) is 6.42 Å². The first-order valence-corrected chi connectivity index (χ1v) is 7.20. The summed E-state index contributed by atoms with van der Waals surface area (Å²) in [5.41, 5.74) is 1.96. The van der Waals surface area contributed by atoms with Gasteiger partial charge in [0.25, 0.3) is 0 Å². The summed E-state index contributed by atoms with van der Waals surface area (Å²) in [6.07, 6.45) is 1.48. The first-order chi connectivity index (χ1) is 9.60. The minimum absolute atomic E-state index is 0.174. The predicted molar refractivity (Wildman–Crippen MR) is 83.1 cm³/mol. The van der Waals surface area contributed by atoms with Gasteiger partial charge < -0.3 is 5.32 Å². The number of rotatable bonds is 5. The van der Waals surface area contributed by atoms with Crippen molar-refractivity contribution in [3.63, 3.8) is 0 Å². The zero-order valence-electron chi connectivity index (χ0n) is 11.2. The Balaban J connectivity index is 2.11. The van der Waals surface area contributed by atoms with E-state index in [4.69, 9.17) is 23.2 Å². The van der Waals surface area contributed by atoms with Crippen LogP contribution < -0.4 is 5.32 Å². The molecule has 0 saturated carbocycles. The van der Waals surface area contributed by atoms with Crippen LogP contribution in [0, 0.1) is 5.82 Å². The highest BCUT2D eigenvalue weighted by Gasteiger charge is 2.13. The molecule has 1 N–H and O–H groups in total. The van der Waals surface area contributed by atoms with Crippen molar-refractivity contribution in [2.24, 2.45) is 0 Å². The van der Waals surface area contributed by atoms with E-state index in [1.165, 1.54) is 6.07 Å². The summed E-state index contributed by atoms with van der Waals surface area (Å²) in [4.78, 5) is 0. The van der Waals surface area contributed by atoms with Crippen LogP contribution in [0.4, 0.5) is 4.39 Å². The molecule has 20 heavy (non-hydrogen) atoms. The third kappa shape index (κ3) is 3.95. The molecule has 4 heteroatoms. The van der Waals surface area contributed by atoms with Crippen molar-refractivity contribution in [2.45, 2.75) is 18.9 Å². The van der Waals surface area contributed by atoms with E-state index in [0.717, 1.165) is 22.6 Å². The molecular weight excluding hydrogens is 296 g/mol. The van der Waals surface area contributed by atoms with E-state index in [2.05, 4.69) is 5.32 Å². The van der Waals surface area contributed by atoms with E-state index in [-0.39, 0.29) is 16.9 Å². The summed E-state index contributed by atoms with van der Waals surface area (Å²) < 4.78 is 13.4. The lowest BCUT2D eigenvalue weighted by molar-refractivity contribution is 0.553. The zero-order valence-corrected chi connectivity index (χ0v) is 12.7. The molecule has 2 aromatic rings. The molecular formula is C16H16Cl2FN. The summed E-state index contributed by atoms with van der Waals surface area (Å²) in [5.74, 6) is -0.373.